The molecule has 0 aliphatic carbocycles. The molecule has 1 unspecified atom stereocenters. The van der Waals surface area contributed by atoms with Gasteiger partial charge in [-0.1, -0.05) is 126 Å². The van der Waals surface area contributed by atoms with Crippen LogP contribution in [0.3, 0.4) is 0 Å². The molecule has 1 atom stereocenters. The molecule has 1 aromatic heterocycles. The third-order valence-electron chi connectivity index (χ3n) is 8.41. The molecule has 0 saturated carbocycles. The topological polar surface area (TPSA) is 61.3 Å². The molecule has 0 amide bonds. The van der Waals surface area contributed by atoms with E-state index in [0.717, 1.165) is 73.9 Å². The van der Waals surface area contributed by atoms with Crippen molar-refractivity contribution in [2.45, 2.75) is 83.5 Å². The van der Waals surface area contributed by atoms with E-state index >= 15 is 0 Å². The first-order valence-corrected chi connectivity index (χ1v) is 16.5. The molecule has 0 saturated heterocycles. The average molecular weight is 591 g/mol. The van der Waals surface area contributed by atoms with Crippen LogP contribution in [0.5, 0.6) is 5.88 Å². The second-order valence-corrected chi connectivity index (χ2v) is 12.4. The highest BCUT2D eigenvalue weighted by atomic mass is 32.1. The predicted molar refractivity (Wildman–Crippen MR) is 171 cm³/mol. The fourth-order valence-corrected chi connectivity index (χ4v) is 6.48. The number of nitrogens with zero attached hydrogens (tertiary/aromatic N) is 3. The highest BCUT2D eigenvalue weighted by Crippen LogP contribution is 2.39. The molecule has 0 N–H and O–H groups in total. The maximum Gasteiger partial charge on any atom is 0.325 e. The molecular formula is C35H48N3O3S+. The molecule has 2 aromatic carbocycles. The van der Waals surface area contributed by atoms with Gasteiger partial charge in [-0.25, -0.2) is 0 Å². The summed E-state index contributed by atoms with van der Waals surface area (Å²) in [5.41, 5.74) is 3.10. The molecular weight excluding hydrogens is 542 g/mol. The zero-order valence-electron chi connectivity index (χ0n) is 25.7. The van der Waals surface area contributed by atoms with Crippen molar-refractivity contribution in [1.29, 1.82) is 0 Å². The van der Waals surface area contributed by atoms with Crippen LogP contribution in [0, 0.1) is 0 Å². The smallest absolute Gasteiger partial charge is 0.325 e. The van der Waals surface area contributed by atoms with E-state index in [1.165, 1.54) is 31.0 Å². The Hall–Kier alpha value is -3.03. The molecule has 4 rings (SSSR count). The lowest BCUT2D eigenvalue weighted by molar-refractivity contribution is -0.919. The molecule has 0 fully saturated rings. The molecule has 0 spiro atoms. The second-order valence-electron chi connectivity index (χ2n) is 11.9. The Kier molecular flexibility index (Phi) is 12.1. The lowest BCUT2D eigenvalue weighted by Crippen LogP contribution is -2.51. The van der Waals surface area contributed by atoms with Crippen LogP contribution in [0.15, 0.2) is 66.7 Å². The zero-order valence-corrected chi connectivity index (χ0v) is 26.5. The van der Waals surface area contributed by atoms with Gasteiger partial charge in [0.25, 0.3) is 5.88 Å². The number of aromatic nitrogens is 2. The number of rotatable bonds is 17. The summed E-state index contributed by atoms with van der Waals surface area (Å²) in [4.78, 5) is 14.4. The van der Waals surface area contributed by atoms with Crippen molar-refractivity contribution in [2.24, 2.45) is 0 Å². The third kappa shape index (κ3) is 8.07. The highest BCUT2D eigenvalue weighted by molar-refractivity contribution is 6.99. The number of likely N-dealkylation sites (N-methyl/N-ethyl adjacent to an activating group) is 1. The summed E-state index contributed by atoms with van der Waals surface area (Å²) < 4.78 is 22.0. The van der Waals surface area contributed by atoms with Crippen LogP contribution in [-0.2, 0) is 14.9 Å². The minimum Gasteiger partial charge on any atom is -0.475 e. The maximum absolute atomic E-state index is 14.4. The second kappa shape index (κ2) is 16.0. The van der Waals surface area contributed by atoms with E-state index in [9.17, 15) is 4.79 Å². The van der Waals surface area contributed by atoms with E-state index in [0.29, 0.717) is 30.2 Å². The first kappa shape index (κ1) is 31.9. The van der Waals surface area contributed by atoms with Gasteiger partial charge in [-0.15, -0.1) is 4.37 Å². The predicted octanol–water partition coefficient (Wildman–Crippen LogP) is 8.19. The minimum absolute atomic E-state index is 0.168. The number of carbonyl (C=O) groups is 1. The average Bonchev–Trinajstić information content (AvgIpc) is 3.50. The number of esters is 1. The Labute approximate surface area is 256 Å². The van der Waals surface area contributed by atoms with Gasteiger partial charge in [0.15, 0.2) is 0 Å². The van der Waals surface area contributed by atoms with Crippen molar-refractivity contribution < 1.29 is 18.8 Å². The zero-order chi connectivity index (χ0) is 29.7. The number of quaternary nitrogens is 1. The van der Waals surface area contributed by atoms with E-state index in [2.05, 4.69) is 60.0 Å². The normalized spacial score (nSPS) is 17.1. The third-order valence-corrected chi connectivity index (χ3v) is 8.92. The molecule has 1 aliphatic heterocycles. The van der Waals surface area contributed by atoms with Gasteiger partial charge in [-0.3, -0.25) is 9.28 Å². The van der Waals surface area contributed by atoms with Crippen molar-refractivity contribution in [3.05, 3.63) is 83.6 Å². The van der Waals surface area contributed by atoms with Crippen molar-refractivity contribution in [3.8, 4) is 5.88 Å². The molecule has 0 radical (unpaired) electrons. The van der Waals surface area contributed by atoms with Gasteiger partial charge >= 0.3 is 5.97 Å². The van der Waals surface area contributed by atoms with Gasteiger partial charge in [0.1, 0.15) is 17.7 Å². The van der Waals surface area contributed by atoms with Crippen molar-refractivity contribution in [3.63, 3.8) is 0 Å². The Bertz CT molecular complexity index is 1220. The summed E-state index contributed by atoms with van der Waals surface area (Å²) in [7, 11) is 2.17. The lowest BCUT2D eigenvalue weighted by atomic mass is 9.71. The maximum atomic E-state index is 14.4. The highest BCUT2D eigenvalue weighted by Gasteiger charge is 2.44. The summed E-state index contributed by atoms with van der Waals surface area (Å²) in [5, 5.41) is 0. The van der Waals surface area contributed by atoms with Crippen LogP contribution in [0.4, 0.5) is 0 Å². The van der Waals surface area contributed by atoms with Crippen LogP contribution >= 0.6 is 11.7 Å². The SMILES string of the molecule is CCCCCCOc1nsnc1C1=CCC[N+](C)(COC(=O)C(CCCCCC)(c2ccccc2)c2ccccc2)C1. The molecule has 1 aliphatic rings. The fraction of sp³-hybridized carbons (Fsp3) is 0.514. The van der Waals surface area contributed by atoms with Crippen LogP contribution < -0.4 is 4.74 Å². The summed E-state index contributed by atoms with van der Waals surface area (Å²) in [6.45, 7) is 6.99. The van der Waals surface area contributed by atoms with Crippen LogP contribution in [0.1, 0.15) is 94.9 Å². The van der Waals surface area contributed by atoms with E-state index in [-0.39, 0.29) is 5.97 Å². The number of hydrogen-bond acceptors (Lipinski definition) is 6. The number of carbonyl (C=O) groups excluding carboxylic acids is 1. The molecule has 42 heavy (non-hydrogen) atoms. The molecule has 7 heteroatoms. The summed E-state index contributed by atoms with van der Waals surface area (Å²) in [5.74, 6) is 0.464. The molecule has 2 heterocycles. The van der Waals surface area contributed by atoms with E-state index in [1.807, 2.05) is 36.4 Å². The van der Waals surface area contributed by atoms with Gasteiger partial charge < -0.3 is 9.47 Å². The van der Waals surface area contributed by atoms with E-state index < -0.39 is 5.41 Å². The summed E-state index contributed by atoms with van der Waals surface area (Å²) >= 11 is 1.20. The number of ether oxygens (including phenoxy) is 2. The first-order valence-electron chi connectivity index (χ1n) is 15.8. The summed E-state index contributed by atoms with van der Waals surface area (Å²) in [6, 6.07) is 20.4. The van der Waals surface area contributed by atoms with Crippen LogP contribution in [0.25, 0.3) is 5.57 Å². The van der Waals surface area contributed by atoms with Gasteiger partial charge in [0.2, 0.25) is 6.73 Å². The quantitative estimate of drug-likeness (QED) is 0.0901. The fourth-order valence-electron chi connectivity index (χ4n) is 5.95. The van der Waals surface area contributed by atoms with Gasteiger partial charge in [-0.2, -0.15) is 4.37 Å². The summed E-state index contributed by atoms with van der Waals surface area (Å²) in [6.07, 6.45) is 12.8. The monoisotopic (exact) mass is 590 g/mol. The van der Waals surface area contributed by atoms with Crippen LogP contribution in [-0.4, -0.2) is 52.7 Å². The Balaban J connectivity index is 1.51. The number of benzene rings is 2. The van der Waals surface area contributed by atoms with Gasteiger partial charge in [0, 0.05) is 12.0 Å². The van der Waals surface area contributed by atoms with Gasteiger partial charge in [0.05, 0.1) is 31.9 Å². The Morgan fingerprint density at radius 3 is 2.17 bits per heavy atom. The lowest BCUT2D eigenvalue weighted by Gasteiger charge is -2.38. The Morgan fingerprint density at radius 1 is 0.881 bits per heavy atom. The minimum atomic E-state index is -0.846. The largest absolute Gasteiger partial charge is 0.475 e. The molecule has 226 valence electrons. The molecule has 3 aromatic rings. The number of unbranched alkanes of at least 4 members (excludes halogenated alkanes) is 6. The standard InChI is InChI=1S/C35H48N3O3S/c1-4-6-8-16-24-35(30-20-12-10-13-21-30,31-22-14-11-15-23-31)34(39)41-28-38(3)25-18-19-29(27-38)32-33(37-42-36-32)40-26-17-9-7-5-2/h10-15,19-23H,4-9,16-18,24-28H2,1-3H3/q+1. The van der Waals surface area contributed by atoms with Gasteiger partial charge in [-0.05, 0) is 24.0 Å². The number of hydrogen-bond donors (Lipinski definition) is 0. The first-order chi connectivity index (χ1) is 20.5. The van der Waals surface area contributed by atoms with Crippen molar-refractivity contribution >= 4 is 23.3 Å². The van der Waals surface area contributed by atoms with Crippen LogP contribution in [0.2, 0.25) is 0 Å². The molecule has 6 nitrogen and oxygen atoms in total. The van der Waals surface area contributed by atoms with Crippen molar-refractivity contribution in [1.82, 2.24) is 8.75 Å². The van der Waals surface area contributed by atoms with E-state index in [1.54, 1.807) is 0 Å². The van der Waals surface area contributed by atoms with Crippen molar-refractivity contribution in [2.75, 3.05) is 33.5 Å². The van der Waals surface area contributed by atoms with E-state index in [4.69, 9.17) is 9.47 Å². The Morgan fingerprint density at radius 2 is 1.52 bits per heavy atom. The molecule has 0 bridgehead atoms.